The van der Waals surface area contributed by atoms with Crippen LogP contribution in [0.25, 0.3) is 0 Å². The summed E-state index contributed by atoms with van der Waals surface area (Å²) >= 11 is 5.93. The lowest BCUT2D eigenvalue weighted by atomic mass is 10.1. The Morgan fingerprint density at radius 2 is 1.77 bits per heavy atom. The number of carbonyl (C=O) groups is 1. The molecular weight excluding hydrogens is 441 g/mol. The van der Waals surface area contributed by atoms with E-state index in [4.69, 9.17) is 11.6 Å². The summed E-state index contributed by atoms with van der Waals surface area (Å²) in [5.41, 5.74) is 0.780. The molecule has 0 radical (unpaired) electrons. The first kappa shape index (κ1) is 24.0. The summed E-state index contributed by atoms with van der Waals surface area (Å²) in [5.74, 6) is -0.641. The van der Waals surface area contributed by atoms with Crippen LogP contribution >= 0.6 is 11.6 Å². The molecular formula is C20H22ClF3N2O3S. The van der Waals surface area contributed by atoms with Gasteiger partial charge in [-0.25, -0.2) is 8.42 Å². The summed E-state index contributed by atoms with van der Waals surface area (Å²) in [6, 6.07) is 10.3. The molecule has 5 nitrogen and oxygen atoms in total. The van der Waals surface area contributed by atoms with E-state index in [0.717, 1.165) is 35.9 Å². The van der Waals surface area contributed by atoms with Crippen LogP contribution in [0.1, 0.15) is 23.1 Å². The summed E-state index contributed by atoms with van der Waals surface area (Å²) in [4.78, 5) is 12.2. The van der Waals surface area contributed by atoms with Crippen LogP contribution in [-0.4, -0.2) is 33.7 Å². The molecule has 0 unspecified atom stereocenters. The maximum atomic E-state index is 13.0. The van der Waals surface area contributed by atoms with Crippen molar-refractivity contribution in [3.63, 3.8) is 0 Å². The van der Waals surface area contributed by atoms with Gasteiger partial charge in [0.1, 0.15) is 6.54 Å². The number of alkyl halides is 3. The van der Waals surface area contributed by atoms with Crippen molar-refractivity contribution in [3.05, 3.63) is 64.2 Å². The fourth-order valence-electron chi connectivity index (χ4n) is 2.72. The van der Waals surface area contributed by atoms with Crippen molar-refractivity contribution in [2.24, 2.45) is 0 Å². The molecule has 30 heavy (non-hydrogen) atoms. The number of nitrogens with one attached hydrogen (secondary N) is 1. The Morgan fingerprint density at radius 1 is 1.13 bits per heavy atom. The predicted octanol–water partition coefficient (Wildman–Crippen LogP) is 4.18. The lowest BCUT2D eigenvalue weighted by Crippen LogP contribution is -2.41. The molecule has 0 aliphatic rings. The van der Waals surface area contributed by atoms with Crippen LogP contribution in [0.2, 0.25) is 5.02 Å². The summed E-state index contributed by atoms with van der Waals surface area (Å²) < 4.78 is 63.8. The van der Waals surface area contributed by atoms with Crippen LogP contribution in [0.15, 0.2) is 42.5 Å². The van der Waals surface area contributed by atoms with Gasteiger partial charge in [0.25, 0.3) is 0 Å². The minimum atomic E-state index is -4.68. The number of anilines is 1. The molecule has 0 heterocycles. The second kappa shape index (κ2) is 9.70. The Labute approximate surface area is 178 Å². The molecule has 0 spiro atoms. The molecule has 1 amide bonds. The SMILES string of the molecule is Cc1ccc(CCCNC(=O)CN(c2cc(C(F)(F)F)ccc2Cl)S(C)(=O)=O)cc1. The van der Waals surface area contributed by atoms with Crippen LogP contribution in [0.4, 0.5) is 18.9 Å². The Balaban J connectivity index is 2.05. The lowest BCUT2D eigenvalue weighted by Gasteiger charge is -2.24. The fraction of sp³-hybridized carbons (Fsp3) is 0.350. The van der Waals surface area contributed by atoms with E-state index in [0.29, 0.717) is 23.3 Å². The molecule has 0 aliphatic carbocycles. The van der Waals surface area contributed by atoms with Gasteiger partial charge in [-0.3, -0.25) is 9.10 Å². The number of rotatable bonds is 8. The largest absolute Gasteiger partial charge is 0.416 e. The normalized spacial score (nSPS) is 11.9. The average molecular weight is 463 g/mol. The molecule has 164 valence electrons. The number of sulfonamides is 1. The van der Waals surface area contributed by atoms with Crippen LogP contribution in [0, 0.1) is 6.92 Å². The van der Waals surface area contributed by atoms with Crippen molar-refractivity contribution in [3.8, 4) is 0 Å². The van der Waals surface area contributed by atoms with Gasteiger partial charge in [-0.2, -0.15) is 13.2 Å². The van der Waals surface area contributed by atoms with Crippen LogP contribution < -0.4 is 9.62 Å². The highest BCUT2D eigenvalue weighted by molar-refractivity contribution is 7.92. The van der Waals surface area contributed by atoms with Crippen molar-refractivity contribution in [1.29, 1.82) is 0 Å². The van der Waals surface area contributed by atoms with Crippen LogP contribution in [-0.2, 0) is 27.4 Å². The zero-order chi connectivity index (χ0) is 22.5. The monoisotopic (exact) mass is 462 g/mol. The molecule has 0 atom stereocenters. The Kier molecular flexibility index (Phi) is 7.76. The highest BCUT2D eigenvalue weighted by atomic mass is 35.5. The van der Waals surface area contributed by atoms with Gasteiger partial charge in [-0.1, -0.05) is 41.4 Å². The smallest absolute Gasteiger partial charge is 0.355 e. The summed E-state index contributed by atoms with van der Waals surface area (Å²) in [5, 5.41) is 2.38. The third-order valence-electron chi connectivity index (χ3n) is 4.31. The molecule has 0 aromatic heterocycles. The molecule has 0 saturated heterocycles. The maximum Gasteiger partial charge on any atom is 0.416 e. The van der Waals surface area contributed by atoms with Gasteiger partial charge in [0, 0.05) is 6.54 Å². The van der Waals surface area contributed by atoms with E-state index in [1.165, 1.54) is 0 Å². The molecule has 0 fully saturated rings. The number of carbonyl (C=O) groups excluding carboxylic acids is 1. The van der Waals surface area contributed by atoms with Crippen LogP contribution in [0.3, 0.4) is 0 Å². The summed E-state index contributed by atoms with van der Waals surface area (Å²) in [6.07, 6.45) is -2.54. The number of amides is 1. The van der Waals surface area contributed by atoms with E-state index < -0.39 is 39.9 Å². The van der Waals surface area contributed by atoms with Crippen molar-refractivity contribution >= 4 is 33.2 Å². The first-order valence-corrected chi connectivity index (χ1v) is 11.3. The molecule has 2 aromatic rings. The number of nitrogens with zero attached hydrogens (tertiary/aromatic N) is 1. The number of hydrogen-bond donors (Lipinski definition) is 1. The molecule has 2 rings (SSSR count). The van der Waals surface area contributed by atoms with Gasteiger partial charge in [0.15, 0.2) is 0 Å². The molecule has 10 heteroatoms. The van der Waals surface area contributed by atoms with E-state index in [9.17, 15) is 26.4 Å². The second-order valence-electron chi connectivity index (χ2n) is 6.87. The maximum absolute atomic E-state index is 13.0. The minimum absolute atomic E-state index is 0.208. The number of aryl methyl sites for hydroxylation is 2. The zero-order valence-electron chi connectivity index (χ0n) is 16.5. The Morgan fingerprint density at radius 3 is 2.33 bits per heavy atom. The topological polar surface area (TPSA) is 66.5 Å². The van der Waals surface area contributed by atoms with E-state index in [1.54, 1.807) is 0 Å². The lowest BCUT2D eigenvalue weighted by molar-refractivity contribution is -0.137. The first-order chi connectivity index (χ1) is 13.9. The van der Waals surface area contributed by atoms with Crippen molar-refractivity contribution in [1.82, 2.24) is 5.32 Å². The number of halogens is 4. The van der Waals surface area contributed by atoms with Gasteiger partial charge in [0.2, 0.25) is 15.9 Å². The van der Waals surface area contributed by atoms with Gasteiger partial charge in [0.05, 0.1) is 22.5 Å². The number of hydrogen-bond acceptors (Lipinski definition) is 3. The zero-order valence-corrected chi connectivity index (χ0v) is 18.0. The van der Waals surface area contributed by atoms with Gasteiger partial charge < -0.3 is 5.32 Å². The second-order valence-corrected chi connectivity index (χ2v) is 9.19. The Bertz CT molecular complexity index is 993. The van der Waals surface area contributed by atoms with E-state index >= 15 is 0 Å². The van der Waals surface area contributed by atoms with Gasteiger partial charge in [-0.05, 0) is 43.5 Å². The van der Waals surface area contributed by atoms with E-state index in [1.807, 2.05) is 31.2 Å². The first-order valence-electron chi connectivity index (χ1n) is 9.04. The highest BCUT2D eigenvalue weighted by Gasteiger charge is 2.33. The highest BCUT2D eigenvalue weighted by Crippen LogP contribution is 2.36. The quantitative estimate of drug-likeness (QED) is 0.598. The van der Waals surface area contributed by atoms with Gasteiger partial charge >= 0.3 is 6.18 Å². The molecule has 0 bridgehead atoms. The summed E-state index contributed by atoms with van der Waals surface area (Å²) in [7, 11) is -4.05. The molecule has 0 saturated carbocycles. The molecule has 0 aliphatic heterocycles. The number of benzene rings is 2. The van der Waals surface area contributed by atoms with Crippen LogP contribution in [0.5, 0.6) is 0 Å². The standard InChI is InChI=1S/C20H22ClF3N2O3S/c1-14-5-7-15(8-6-14)4-3-11-25-19(27)13-26(30(2,28)29)18-12-16(20(22,23)24)9-10-17(18)21/h5-10,12H,3-4,11,13H2,1-2H3,(H,25,27). The Hall–Kier alpha value is -2.26. The van der Waals surface area contributed by atoms with Crippen molar-refractivity contribution < 1.29 is 26.4 Å². The van der Waals surface area contributed by atoms with Crippen molar-refractivity contribution in [2.75, 3.05) is 23.7 Å². The third kappa shape index (κ3) is 6.91. The molecule has 1 N–H and O–H groups in total. The average Bonchev–Trinajstić information content (AvgIpc) is 2.63. The predicted molar refractivity (Wildman–Crippen MR) is 111 cm³/mol. The van der Waals surface area contributed by atoms with E-state index in [-0.39, 0.29) is 5.02 Å². The summed E-state index contributed by atoms with van der Waals surface area (Å²) in [6.45, 7) is 1.60. The third-order valence-corrected chi connectivity index (χ3v) is 5.76. The fourth-order valence-corrected chi connectivity index (χ4v) is 3.85. The van der Waals surface area contributed by atoms with Gasteiger partial charge in [-0.15, -0.1) is 0 Å². The van der Waals surface area contributed by atoms with Crippen molar-refractivity contribution in [2.45, 2.75) is 25.9 Å². The minimum Gasteiger partial charge on any atom is -0.355 e. The van der Waals surface area contributed by atoms with E-state index in [2.05, 4.69) is 5.32 Å². The molecule has 2 aromatic carbocycles.